The van der Waals surface area contributed by atoms with Crippen molar-refractivity contribution in [2.24, 2.45) is 5.92 Å². The fraction of sp³-hybridized carbons (Fsp3) is 1.00. The Kier molecular flexibility index (Phi) is 3.57. The van der Waals surface area contributed by atoms with Crippen molar-refractivity contribution in [3.8, 4) is 0 Å². The van der Waals surface area contributed by atoms with Gasteiger partial charge in [-0.2, -0.15) is 0 Å². The summed E-state index contributed by atoms with van der Waals surface area (Å²) in [5, 5.41) is 0. The molecule has 0 saturated carbocycles. The molecule has 0 spiro atoms. The summed E-state index contributed by atoms with van der Waals surface area (Å²) in [7, 11) is 0. The average molecular weight is 238 g/mol. The van der Waals surface area contributed by atoms with Crippen molar-refractivity contribution < 1.29 is 0 Å². The largest absolute Gasteiger partial charge is 0.295 e. The Morgan fingerprint density at radius 1 is 0.941 bits per heavy atom. The minimum absolute atomic E-state index is 0.341. The van der Waals surface area contributed by atoms with E-state index in [0.29, 0.717) is 5.54 Å². The van der Waals surface area contributed by atoms with Gasteiger partial charge in [-0.15, -0.1) is 0 Å². The van der Waals surface area contributed by atoms with Crippen LogP contribution in [0, 0.1) is 5.92 Å². The third kappa shape index (κ3) is 2.53. The van der Waals surface area contributed by atoms with Gasteiger partial charge in [0.2, 0.25) is 0 Å². The van der Waals surface area contributed by atoms with Crippen molar-refractivity contribution in [3.63, 3.8) is 0 Å². The predicted molar refractivity (Wildman–Crippen MR) is 74.3 cm³/mol. The van der Waals surface area contributed by atoms with Crippen LogP contribution in [0.25, 0.3) is 0 Å². The highest BCUT2D eigenvalue weighted by Gasteiger charge is 2.44. The van der Waals surface area contributed by atoms with Gasteiger partial charge in [-0.05, 0) is 46.5 Å². The predicted octanol–water partition coefficient (Wildman–Crippen LogP) is 2.98. The van der Waals surface area contributed by atoms with Crippen LogP contribution in [0.1, 0.15) is 54.4 Å². The average Bonchev–Trinajstić information content (AvgIpc) is 2.45. The van der Waals surface area contributed by atoms with Crippen LogP contribution in [0.15, 0.2) is 0 Å². The lowest BCUT2D eigenvalue weighted by atomic mass is 9.97. The molecule has 0 aliphatic carbocycles. The van der Waals surface area contributed by atoms with E-state index in [2.05, 4.69) is 51.3 Å². The molecule has 17 heavy (non-hydrogen) atoms. The second kappa shape index (κ2) is 4.55. The molecule has 2 aliphatic rings. The lowest BCUT2D eigenvalue weighted by Gasteiger charge is -2.49. The number of fused-ring (bicyclic) bond motifs is 2. The van der Waals surface area contributed by atoms with Crippen LogP contribution in [-0.2, 0) is 0 Å². The lowest BCUT2D eigenvalue weighted by molar-refractivity contribution is -0.0129. The maximum absolute atomic E-state index is 2.83. The summed E-state index contributed by atoms with van der Waals surface area (Å²) in [4.78, 5) is 5.52. The zero-order valence-electron chi connectivity index (χ0n) is 12.5. The van der Waals surface area contributed by atoms with Gasteiger partial charge in [0.05, 0.1) is 0 Å². The standard InChI is InChI=1S/C15H30N2/c1-11(2)12(3)17-13-7-8-14(17)10-16(9-13)15(4,5)6/h11-14H,7-10H2,1-6H3/t12-,13?,14?/m0/s1. The molecule has 0 aromatic heterocycles. The van der Waals surface area contributed by atoms with Gasteiger partial charge in [-0.25, -0.2) is 0 Å². The molecule has 2 nitrogen and oxygen atoms in total. The number of hydrogen-bond donors (Lipinski definition) is 0. The van der Waals surface area contributed by atoms with Crippen LogP contribution < -0.4 is 0 Å². The Hall–Kier alpha value is -0.0800. The highest BCUT2D eigenvalue weighted by molar-refractivity contribution is 5.00. The van der Waals surface area contributed by atoms with Crippen molar-refractivity contribution in [2.45, 2.75) is 78.0 Å². The van der Waals surface area contributed by atoms with Gasteiger partial charge in [0.15, 0.2) is 0 Å². The molecule has 0 N–H and O–H groups in total. The fourth-order valence-electron chi connectivity index (χ4n) is 3.49. The zero-order chi connectivity index (χ0) is 12.8. The number of likely N-dealkylation sites (tertiary alicyclic amines) is 1. The van der Waals surface area contributed by atoms with E-state index in [1.54, 1.807) is 0 Å². The van der Waals surface area contributed by atoms with E-state index in [1.165, 1.54) is 25.9 Å². The summed E-state index contributed by atoms with van der Waals surface area (Å²) in [5.74, 6) is 0.777. The van der Waals surface area contributed by atoms with Gasteiger partial charge in [-0.3, -0.25) is 9.80 Å². The Labute approximate surface area is 107 Å². The number of rotatable bonds is 2. The van der Waals surface area contributed by atoms with Crippen LogP contribution in [0.3, 0.4) is 0 Å². The van der Waals surface area contributed by atoms with E-state index >= 15 is 0 Å². The monoisotopic (exact) mass is 238 g/mol. The van der Waals surface area contributed by atoms with Crippen LogP contribution in [0.5, 0.6) is 0 Å². The molecule has 2 bridgehead atoms. The van der Waals surface area contributed by atoms with Crippen LogP contribution in [-0.4, -0.2) is 46.6 Å². The van der Waals surface area contributed by atoms with E-state index in [1.807, 2.05) is 0 Å². The quantitative estimate of drug-likeness (QED) is 0.730. The normalized spacial score (nSPS) is 33.4. The third-order valence-electron chi connectivity index (χ3n) is 4.92. The van der Waals surface area contributed by atoms with Crippen LogP contribution in [0.4, 0.5) is 0 Å². The Bertz CT molecular complexity index is 253. The van der Waals surface area contributed by atoms with E-state index < -0.39 is 0 Å². The molecule has 2 heteroatoms. The summed E-state index contributed by atoms with van der Waals surface area (Å²) in [6.07, 6.45) is 2.82. The van der Waals surface area contributed by atoms with E-state index in [-0.39, 0.29) is 0 Å². The second-order valence-corrected chi connectivity index (χ2v) is 7.39. The van der Waals surface area contributed by atoms with E-state index in [9.17, 15) is 0 Å². The lowest BCUT2D eigenvalue weighted by Crippen LogP contribution is -2.61. The second-order valence-electron chi connectivity index (χ2n) is 7.39. The molecule has 0 aromatic carbocycles. The molecule has 0 amide bonds. The van der Waals surface area contributed by atoms with Gasteiger partial charge < -0.3 is 0 Å². The van der Waals surface area contributed by atoms with Crippen molar-refractivity contribution >= 4 is 0 Å². The summed E-state index contributed by atoms with van der Waals surface area (Å²) in [6, 6.07) is 2.37. The highest BCUT2D eigenvalue weighted by atomic mass is 15.4. The topological polar surface area (TPSA) is 6.48 Å². The first-order chi connectivity index (χ1) is 7.80. The molecule has 2 unspecified atom stereocenters. The first kappa shape index (κ1) is 13.4. The number of nitrogens with zero attached hydrogens (tertiary/aromatic N) is 2. The molecule has 2 rings (SSSR count). The third-order valence-corrected chi connectivity index (χ3v) is 4.92. The smallest absolute Gasteiger partial charge is 0.0230 e. The molecule has 100 valence electrons. The molecular weight excluding hydrogens is 208 g/mol. The molecule has 0 aromatic rings. The SMILES string of the molecule is CC(C)[C@H](C)N1C2CCC1CN(C(C)(C)C)C2. The van der Waals surface area contributed by atoms with Crippen LogP contribution in [0.2, 0.25) is 0 Å². The van der Waals surface area contributed by atoms with Gasteiger partial charge >= 0.3 is 0 Å². The fourth-order valence-corrected chi connectivity index (χ4v) is 3.49. The minimum Gasteiger partial charge on any atom is -0.295 e. The minimum atomic E-state index is 0.341. The van der Waals surface area contributed by atoms with Crippen molar-refractivity contribution in [3.05, 3.63) is 0 Å². The van der Waals surface area contributed by atoms with E-state index in [0.717, 1.165) is 24.0 Å². The highest BCUT2D eigenvalue weighted by Crippen LogP contribution is 2.36. The Morgan fingerprint density at radius 3 is 1.76 bits per heavy atom. The van der Waals surface area contributed by atoms with Gasteiger partial charge in [-0.1, -0.05) is 13.8 Å². The molecule has 2 heterocycles. The van der Waals surface area contributed by atoms with Gasteiger partial charge in [0.1, 0.15) is 0 Å². The maximum atomic E-state index is 2.83. The summed E-state index contributed by atoms with van der Waals surface area (Å²) in [6.45, 7) is 16.8. The summed E-state index contributed by atoms with van der Waals surface area (Å²) >= 11 is 0. The Balaban J connectivity index is 2.08. The molecule has 3 atom stereocenters. The summed E-state index contributed by atoms with van der Waals surface area (Å²) in [5.41, 5.74) is 0.341. The molecular formula is C15H30N2. The van der Waals surface area contributed by atoms with Gasteiger partial charge in [0, 0.05) is 36.8 Å². The van der Waals surface area contributed by atoms with Crippen LogP contribution >= 0.6 is 0 Å². The van der Waals surface area contributed by atoms with Crippen molar-refractivity contribution in [1.82, 2.24) is 9.80 Å². The molecule has 0 radical (unpaired) electrons. The zero-order valence-corrected chi connectivity index (χ0v) is 12.5. The first-order valence-corrected chi connectivity index (χ1v) is 7.33. The number of hydrogen-bond acceptors (Lipinski definition) is 2. The summed E-state index contributed by atoms with van der Waals surface area (Å²) < 4.78 is 0. The number of piperazine rings is 1. The first-order valence-electron chi connectivity index (χ1n) is 7.33. The molecule has 2 fully saturated rings. The van der Waals surface area contributed by atoms with Gasteiger partial charge in [0.25, 0.3) is 0 Å². The van der Waals surface area contributed by atoms with Crippen molar-refractivity contribution in [2.75, 3.05) is 13.1 Å². The Morgan fingerprint density at radius 2 is 1.41 bits per heavy atom. The molecule has 2 aliphatic heterocycles. The van der Waals surface area contributed by atoms with E-state index in [4.69, 9.17) is 0 Å². The molecule has 2 saturated heterocycles. The van der Waals surface area contributed by atoms with Crippen molar-refractivity contribution in [1.29, 1.82) is 0 Å². The maximum Gasteiger partial charge on any atom is 0.0230 e.